The average molecular weight is 380 g/mol. The Balaban J connectivity index is 2.38. The lowest BCUT2D eigenvalue weighted by Gasteiger charge is -2.33. The summed E-state index contributed by atoms with van der Waals surface area (Å²) < 4.78 is 0.645. The number of piperazine rings is 1. The van der Waals surface area contributed by atoms with Gasteiger partial charge in [0, 0.05) is 4.47 Å². The molecule has 4 nitrogen and oxygen atoms in total. The summed E-state index contributed by atoms with van der Waals surface area (Å²) in [5, 5.41) is 3.29. The number of rotatable bonds is 3. The molecule has 1 aromatic rings. The summed E-state index contributed by atoms with van der Waals surface area (Å²) >= 11 is 15.5. The zero-order chi connectivity index (χ0) is 14.9. The highest BCUT2D eigenvalue weighted by molar-refractivity contribution is 9.10. The molecule has 0 aliphatic carbocycles. The first-order valence-electron chi connectivity index (χ1n) is 6.20. The minimum absolute atomic E-state index is 0.0449. The molecule has 108 valence electrons. The maximum absolute atomic E-state index is 12.4. The fourth-order valence-corrected chi connectivity index (χ4v) is 2.99. The number of benzene rings is 1. The van der Waals surface area contributed by atoms with Crippen LogP contribution in [0.25, 0.3) is 0 Å². The molecule has 0 bridgehead atoms. The van der Waals surface area contributed by atoms with Crippen LogP contribution in [0.5, 0.6) is 0 Å². The van der Waals surface area contributed by atoms with Gasteiger partial charge < -0.3 is 5.32 Å². The van der Waals surface area contributed by atoms with E-state index < -0.39 is 6.04 Å². The predicted molar refractivity (Wildman–Crippen MR) is 83.4 cm³/mol. The van der Waals surface area contributed by atoms with Crippen molar-refractivity contribution in [2.45, 2.75) is 25.8 Å². The molecule has 1 aliphatic rings. The molecule has 1 aliphatic heterocycles. The van der Waals surface area contributed by atoms with Crippen LogP contribution in [0.2, 0.25) is 10.0 Å². The highest BCUT2D eigenvalue weighted by Gasteiger charge is 2.34. The smallest absolute Gasteiger partial charge is 0.250 e. The first kappa shape index (κ1) is 15.6. The third-order valence-electron chi connectivity index (χ3n) is 3.08. The number of halogens is 3. The summed E-state index contributed by atoms with van der Waals surface area (Å²) in [6.45, 7) is 1.92. The molecule has 20 heavy (non-hydrogen) atoms. The molecule has 1 N–H and O–H groups in total. The van der Waals surface area contributed by atoms with Crippen molar-refractivity contribution < 1.29 is 9.59 Å². The summed E-state index contributed by atoms with van der Waals surface area (Å²) in [7, 11) is 0. The SMILES string of the molecule is CCCC1NC(=O)CN(c2ccc(Br)c(Cl)c2Cl)C1=O. The number of anilines is 1. The van der Waals surface area contributed by atoms with Crippen LogP contribution in [0.4, 0.5) is 5.69 Å². The first-order chi connectivity index (χ1) is 9.45. The molecule has 2 rings (SSSR count). The third-order valence-corrected chi connectivity index (χ3v) is 4.85. The van der Waals surface area contributed by atoms with Gasteiger partial charge in [0.15, 0.2) is 0 Å². The van der Waals surface area contributed by atoms with E-state index in [2.05, 4.69) is 21.2 Å². The predicted octanol–water partition coefficient (Wildman–Crippen LogP) is 3.39. The van der Waals surface area contributed by atoms with Gasteiger partial charge in [0.1, 0.15) is 12.6 Å². The summed E-state index contributed by atoms with van der Waals surface area (Å²) in [4.78, 5) is 25.5. The molecule has 1 aromatic carbocycles. The molecule has 1 heterocycles. The molecule has 0 radical (unpaired) electrons. The van der Waals surface area contributed by atoms with Crippen molar-refractivity contribution in [3.63, 3.8) is 0 Å². The van der Waals surface area contributed by atoms with Gasteiger partial charge in [-0.15, -0.1) is 0 Å². The van der Waals surface area contributed by atoms with Crippen molar-refractivity contribution in [3.8, 4) is 0 Å². The zero-order valence-corrected chi connectivity index (χ0v) is 13.8. The van der Waals surface area contributed by atoms with Crippen molar-refractivity contribution >= 4 is 56.6 Å². The Bertz CT molecular complexity index is 566. The van der Waals surface area contributed by atoms with Crippen LogP contribution in [0.15, 0.2) is 16.6 Å². The molecular formula is C13H13BrCl2N2O2. The summed E-state index contributed by atoms with van der Waals surface area (Å²) in [5.74, 6) is -0.357. The number of amides is 2. The molecular weight excluding hydrogens is 367 g/mol. The molecule has 1 atom stereocenters. The molecule has 0 saturated carbocycles. The van der Waals surface area contributed by atoms with Crippen LogP contribution < -0.4 is 10.2 Å². The Morgan fingerprint density at radius 1 is 1.35 bits per heavy atom. The number of nitrogens with one attached hydrogen (secondary N) is 1. The second kappa shape index (κ2) is 6.33. The van der Waals surface area contributed by atoms with Crippen LogP contribution >= 0.6 is 39.1 Å². The van der Waals surface area contributed by atoms with E-state index in [9.17, 15) is 9.59 Å². The lowest BCUT2D eigenvalue weighted by Crippen LogP contribution is -2.58. The molecule has 1 fully saturated rings. The molecule has 2 amide bonds. The van der Waals surface area contributed by atoms with Gasteiger partial charge in [0.25, 0.3) is 0 Å². The molecule has 1 unspecified atom stereocenters. The van der Waals surface area contributed by atoms with Gasteiger partial charge in [0.2, 0.25) is 11.8 Å². The van der Waals surface area contributed by atoms with Crippen molar-refractivity contribution in [2.24, 2.45) is 0 Å². The Morgan fingerprint density at radius 3 is 2.70 bits per heavy atom. The fourth-order valence-electron chi connectivity index (χ4n) is 2.12. The van der Waals surface area contributed by atoms with E-state index in [0.717, 1.165) is 6.42 Å². The summed E-state index contributed by atoms with van der Waals surface area (Å²) in [6, 6.07) is 2.88. The van der Waals surface area contributed by atoms with Gasteiger partial charge in [-0.3, -0.25) is 14.5 Å². The van der Waals surface area contributed by atoms with Gasteiger partial charge in [-0.05, 0) is 34.5 Å². The van der Waals surface area contributed by atoms with E-state index >= 15 is 0 Å². The maximum atomic E-state index is 12.4. The standard InChI is InChI=1S/C13H13BrCl2N2O2/c1-2-3-8-13(20)18(6-10(19)17-8)9-5-4-7(14)11(15)12(9)16/h4-5,8H,2-3,6H2,1H3,(H,17,19). The van der Waals surface area contributed by atoms with Gasteiger partial charge >= 0.3 is 0 Å². The van der Waals surface area contributed by atoms with E-state index in [1.54, 1.807) is 12.1 Å². The lowest BCUT2D eigenvalue weighted by molar-refractivity contribution is -0.131. The molecule has 0 spiro atoms. The van der Waals surface area contributed by atoms with Gasteiger partial charge in [0.05, 0.1) is 15.7 Å². The van der Waals surface area contributed by atoms with Crippen LogP contribution in [-0.4, -0.2) is 24.4 Å². The third kappa shape index (κ3) is 2.95. The van der Waals surface area contributed by atoms with E-state index in [1.807, 2.05) is 6.92 Å². The number of hydrogen-bond acceptors (Lipinski definition) is 2. The number of hydrogen-bond donors (Lipinski definition) is 1. The molecule has 1 saturated heterocycles. The Morgan fingerprint density at radius 2 is 2.05 bits per heavy atom. The summed E-state index contributed by atoms with van der Waals surface area (Å²) in [5.41, 5.74) is 0.459. The Hall–Kier alpha value is -0.780. The topological polar surface area (TPSA) is 49.4 Å². The van der Waals surface area contributed by atoms with E-state index in [0.29, 0.717) is 21.6 Å². The Labute approximate surface area is 135 Å². The second-order valence-electron chi connectivity index (χ2n) is 4.53. The lowest BCUT2D eigenvalue weighted by atomic mass is 10.1. The quantitative estimate of drug-likeness (QED) is 0.818. The van der Waals surface area contributed by atoms with E-state index in [4.69, 9.17) is 23.2 Å². The second-order valence-corrected chi connectivity index (χ2v) is 6.14. The van der Waals surface area contributed by atoms with Crippen molar-refractivity contribution in [3.05, 3.63) is 26.7 Å². The van der Waals surface area contributed by atoms with Crippen molar-refractivity contribution in [1.82, 2.24) is 5.32 Å². The van der Waals surface area contributed by atoms with Crippen LogP contribution in [-0.2, 0) is 9.59 Å². The molecule has 0 aromatic heterocycles. The highest BCUT2D eigenvalue weighted by atomic mass is 79.9. The van der Waals surface area contributed by atoms with Crippen LogP contribution in [0, 0.1) is 0 Å². The largest absolute Gasteiger partial charge is 0.343 e. The van der Waals surface area contributed by atoms with Crippen molar-refractivity contribution in [2.75, 3.05) is 11.4 Å². The average Bonchev–Trinajstić information content (AvgIpc) is 2.41. The van der Waals surface area contributed by atoms with Gasteiger partial charge in [-0.25, -0.2) is 0 Å². The minimum Gasteiger partial charge on any atom is -0.343 e. The van der Waals surface area contributed by atoms with Crippen LogP contribution in [0.3, 0.4) is 0 Å². The number of nitrogens with zero attached hydrogens (tertiary/aromatic N) is 1. The number of carbonyl (C=O) groups is 2. The van der Waals surface area contributed by atoms with E-state index in [-0.39, 0.29) is 23.4 Å². The summed E-state index contributed by atoms with van der Waals surface area (Å²) in [6.07, 6.45) is 1.41. The van der Waals surface area contributed by atoms with Gasteiger partial charge in [-0.1, -0.05) is 36.5 Å². The maximum Gasteiger partial charge on any atom is 0.250 e. The monoisotopic (exact) mass is 378 g/mol. The normalized spacial score (nSPS) is 19.2. The first-order valence-corrected chi connectivity index (χ1v) is 7.74. The zero-order valence-electron chi connectivity index (χ0n) is 10.8. The fraction of sp³-hybridized carbons (Fsp3) is 0.385. The van der Waals surface area contributed by atoms with E-state index in [1.165, 1.54) is 4.90 Å². The number of carbonyl (C=O) groups excluding carboxylic acids is 2. The van der Waals surface area contributed by atoms with Crippen LogP contribution in [0.1, 0.15) is 19.8 Å². The van der Waals surface area contributed by atoms with Gasteiger partial charge in [-0.2, -0.15) is 0 Å². The highest BCUT2D eigenvalue weighted by Crippen LogP contribution is 2.38. The minimum atomic E-state index is -0.500. The molecule has 7 heteroatoms. The van der Waals surface area contributed by atoms with Crippen molar-refractivity contribution in [1.29, 1.82) is 0 Å². The Kier molecular flexibility index (Phi) is 4.94.